The van der Waals surface area contributed by atoms with Gasteiger partial charge in [0, 0.05) is 19.0 Å². The SMILES string of the molecule is CC(C)(C)OC(=O)c1ncoc1C1CNC1. The lowest BCUT2D eigenvalue weighted by molar-refractivity contribution is 0.00600. The van der Waals surface area contributed by atoms with Crippen LogP contribution in [-0.2, 0) is 4.74 Å². The molecule has 0 atom stereocenters. The van der Waals surface area contributed by atoms with Gasteiger partial charge in [-0.25, -0.2) is 9.78 Å². The second-order valence-corrected chi connectivity index (χ2v) is 4.92. The van der Waals surface area contributed by atoms with Crippen molar-refractivity contribution in [2.24, 2.45) is 0 Å². The van der Waals surface area contributed by atoms with Crippen molar-refractivity contribution in [2.45, 2.75) is 32.3 Å². The Morgan fingerprint density at radius 1 is 1.56 bits per heavy atom. The van der Waals surface area contributed by atoms with Crippen LogP contribution in [0.15, 0.2) is 10.8 Å². The lowest BCUT2D eigenvalue weighted by Gasteiger charge is -2.25. The van der Waals surface area contributed by atoms with Gasteiger partial charge in [0.15, 0.2) is 12.1 Å². The van der Waals surface area contributed by atoms with Gasteiger partial charge in [0.25, 0.3) is 0 Å². The van der Waals surface area contributed by atoms with Gasteiger partial charge in [-0.2, -0.15) is 0 Å². The molecule has 1 aromatic rings. The quantitative estimate of drug-likeness (QED) is 0.767. The molecule has 1 N–H and O–H groups in total. The minimum atomic E-state index is -0.509. The molecule has 5 nitrogen and oxygen atoms in total. The molecule has 0 bridgehead atoms. The first kappa shape index (κ1) is 11.1. The molecule has 0 saturated carbocycles. The highest BCUT2D eigenvalue weighted by Crippen LogP contribution is 2.24. The molecule has 88 valence electrons. The zero-order valence-corrected chi connectivity index (χ0v) is 9.74. The minimum Gasteiger partial charge on any atom is -0.455 e. The first-order valence-corrected chi connectivity index (χ1v) is 5.35. The summed E-state index contributed by atoms with van der Waals surface area (Å²) in [7, 11) is 0. The number of aromatic nitrogens is 1. The Balaban J connectivity index is 2.14. The number of nitrogens with zero attached hydrogens (tertiary/aromatic N) is 1. The summed E-state index contributed by atoms with van der Waals surface area (Å²) in [6, 6.07) is 0. The van der Waals surface area contributed by atoms with Crippen molar-refractivity contribution in [1.82, 2.24) is 10.3 Å². The van der Waals surface area contributed by atoms with Crippen molar-refractivity contribution >= 4 is 5.97 Å². The fraction of sp³-hybridized carbons (Fsp3) is 0.636. The largest absolute Gasteiger partial charge is 0.455 e. The van der Waals surface area contributed by atoms with E-state index in [0.29, 0.717) is 11.5 Å². The maximum Gasteiger partial charge on any atom is 0.361 e. The van der Waals surface area contributed by atoms with Gasteiger partial charge >= 0.3 is 5.97 Å². The van der Waals surface area contributed by atoms with Crippen molar-refractivity contribution in [1.29, 1.82) is 0 Å². The molecule has 0 radical (unpaired) electrons. The zero-order valence-electron chi connectivity index (χ0n) is 9.74. The molecule has 1 fully saturated rings. The topological polar surface area (TPSA) is 64.4 Å². The van der Waals surface area contributed by atoms with Gasteiger partial charge in [-0.15, -0.1) is 0 Å². The average Bonchev–Trinajstić information content (AvgIpc) is 2.45. The van der Waals surface area contributed by atoms with E-state index in [4.69, 9.17) is 9.15 Å². The predicted octanol–water partition coefficient (Wildman–Crippen LogP) is 1.32. The van der Waals surface area contributed by atoms with E-state index in [1.165, 1.54) is 6.39 Å². The Hall–Kier alpha value is -1.36. The van der Waals surface area contributed by atoms with E-state index >= 15 is 0 Å². The van der Waals surface area contributed by atoms with Crippen LogP contribution in [-0.4, -0.2) is 29.6 Å². The van der Waals surface area contributed by atoms with Crippen molar-refractivity contribution in [3.8, 4) is 0 Å². The van der Waals surface area contributed by atoms with Crippen molar-refractivity contribution in [2.75, 3.05) is 13.1 Å². The maximum absolute atomic E-state index is 11.8. The highest BCUT2D eigenvalue weighted by Gasteiger charge is 2.31. The summed E-state index contributed by atoms with van der Waals surface area (Å²) in [5.74, 6) is 0.459. The van der Waals surface area contributed by atoms with Crippen molar-refractivity contribution < 1.29 is 13.9 Å². The van der Waals surface area contributed by atoms with Gasteiger partial charge in [-0.1, -0.05) is 0 Å². The number of ether oxygens (including phenoxy) is 1. The minimum absolute atomic E-state index is 0.241. The van der Waals surface area contributed by atoms with Gasteiger partial charge in [-0.3, -0.25) is 0 Å². The number of carbonyl (C=O) groups is 1. The van der Waals surface area contributed by atoms with Crippen LogP contribution >= 0.6 is 0 Å². The smallest absolute Gasteiger partial charge is 0.361 e. The summed E-state index contributed by atoms with van der Waals surface area (Å²) in [5.41, 5.74) is -0.202. The lowest BCUT2D eigenvalue weighted by atomic mass is 9.99. The molecule has 1 aliphatic rings. The van der Waals surface area contributed by atoms with E-state index in [1.54, 1.807) is 0 Å². The van der Waals surface area contributed by atoms with E-state index in [-0.39, 0.29) is 5.92 Å². The van der Waals surface area contributed by atoms with Gasteiger partial charge < -0.3 is 14.5 Å². The van der Waals surface area contributed by atoms with E-state index in [1.807, 2.05) is 20.8 Å². The molecule has 5 heteroatoms. The molecule has 0 aliphatic carbocycles. The Kier molecular flexibility index (Phi) is 2.71. The second-order valence-electron chi connectivity index (χ2n) is 4.92. The van der Waals surface area contributed by atoms with E-state index < -0.39 is 11.6 Å². The van der Waals surface area contributed by atoms with Crippen LogP contribution in [0.2, 0.25) is 0 Å². The van der Waals surface area contributed by atoms with Gasteiger partial charge in [-0.05, 0) is 20.8 Å². The summed E-state index contributed by atoms with van der Waals surface area (Å²) in [4.78, 5) is 15.8. The highest BCUT2D eigenvalue weighted by molar-refractivity contribution is 5.88. The molecule has 2 rings (SSSR count). The third kappa shape index (κ3) is 2.24. The fourth-order valence-corrected chi connectivity index (χ4v) is 1.50. The second kappa shape index (κ2) is 3.90. The van der Waals surface area contributed by atoms with Crippen molar-refractivity contribution in [3.05, 3.63) is 17.8 Å². The van der Waals surface area contributed by atoms with Crippen LogP contribution in [0, 0.1) is 0 Å². The standard InChI is InChI=1S/C11H16N2O3/c1-11(2,3)16-10(14)8-9(15-6-13-8)7-4-12-5-7/h6-7,12H,4-5H2,1-3H3. The maximum atomic E-state index is 11.8. The molecular weight excluding hydrogens is 208 g/mol. The summed E-state index contributed by atoms with van der Waals surface area (Å²) in [6.07, 6.45) is 1.30. The van der Waals surface area contributed by atoms with Crippen LogP contribution in [0.1, 0.15) is 42.9 Å². The third-order valence-electron chi connectivity index (χ3n) is 2.34. The number of rotatable bonds is 2. The monoisotopic (exact) mass is 224 g/mol. The molecule has 1 aromatic heterocycles. The van der Waals surface area contributed by atoms with Crippen LogP contribution in [0.4, 0.5) is 0 Å². The number of nitrogens with one attached hydrogen (secondary N) is 1. The fourth-order valence-electron chi connectivity index (χ4n) is 1.50. The Labute approximate surface area is 94.2 Å². The van der Waals surface area contributed by atoms with E-state index in [9.17, 15) is 4.79 Å². The highest BCUT2D eigenvalue weighted by atomic mass is 16.6. The average molecular weight is 224 g/mol. The van der Waals surface area contributed by atoms with Crippen molar-refractivity contribution in [3.63, 3.8) is 0 Å². The Morgan fingerprint density at radius 2 is 2.25 bits per heavy atom. The van der Waals surface area contributed by atoms with Crippen LogP contribution < -0.4 is 5.32 Å². The molecule has 0 spiro atoms. The lowest BCUT2D eigenvalue weighted by Crippen LogP contribution is -2.40. The Bertz CT molecular complexity index is 388. The van der Waals surface area contributed by atoms with E-state index in [0.717, 1.165) is 13.1 Å². The number of oxazole rings is 1. The predicted molar refractivity (Wildman–Crippen MR) is 57.3 cm³/mol. The Morgan fingerprint density at radius 3 is 2.75 bits per heavy atom. The van der Waals surface area contributed by atoms with Gasteiger partial charge in [0.2, 0.25) is 0 Å². The first-order valence-electron chi connectivity index (χ1n) is 5.35. The molecule has 1 aliphatic heterocycles. The molecular formula is C11H16N2O3. The summed E-state index contributed by atoms with van der Waals surface area (Å²) >= 11 is 0. The molecule has 16 heavy (non-hydrogen) atoms. The summed E-state index contributed by atoms with van der Waals surface area (Å²) < 4.78 is 10.5. The van der Waals surface area contributed by atoms with Crippen LogP contribution in [0.25, 0.3) is 0 Å². The molecule has 0 aromatic carbocycles. The third-order valence-corrected chi connectivity index (χ3v) is 2.34. The molecule has 1 saturated heterocycles. The molecule has 0 unspecified atom stereocenters. The number of carbonyl (C=O) groups excluding carboxylic acids is 1. The van der Waals surface area contributed by atoms with E-state index in [2.05, 4.69) is 10.3 Å². The molecule has 0 amide bonds. The van der Waals surface area contributed by atoms with Gasteiger partial charge in [0.05, 0.1) is 0 Å². The molecule has 2 heterocycles. The number of esters is 1. The first-order chi connectivity index (χ1) is 7.47. The zero-order chi connectivity index (χ0) is 11.8. The van der Waals surface area contributed by atoms with Gasteiger partial charge in [0.1, 0.15) is 11.4 Å². The van der Waals surface area contributed by atoms with Crippen LogP contribution in [0.3, 0.4) is 0 Å². The van der Waals surface area contributed by atoms with Crippen LogP contribution in [0.5, 0.6) is 0 Å². The summed E-state index contributed by atoms with van der Waals surface area (Å²) in [6.45, 7) is 7.14. The number of hydrogen-bond acceptors (Lipinski definition) is 5. The normalized spacial score (nSPS) is 16.9. The summed E-state index contributed by atoms with van der Waals surface area (Å²) in [5, 5.41) is 3.12. The number of hydrogen-bond donors (Lipinski definition) is 1.